The molecule has 1 fully saturated rings. The van der Waals surface area contributed by atoms with E-state index in [4.69, 9.17) is 48.7 Å². The van der Waals surface area contributed by atoms with Crippen molar-refractivity contribution < 1.29 is 39.2 Å². The van der Waals surface area contributed by atoms with Crippen molar-refractivity contribution in [2.75, 3.05) is 6.61 Å². The molecule has 14 heteroatoms. The Morgan fingerprint density at radius 1 is 1.09 bits per heavy atom. The molecule has 1 aliphatic rings. The normalized spacial score (nSPS) is 21.6. The van der Waals surface area contributed by atoms with Crippen molar-refractivity contribution in [2.45, 2.75) is 49.4 Å². The van der Waals surface area contributed by atoms with Crippen LogP contribution in [0, 0.1) is 12.3 Å². The Kier molecular flexibility index (Phi) is 10.8. The van der Waals surface area contributed by atoms with Crippen molar-refractivity contribution in [3.05, 3.63) is 88.1 Å². The number of terminal acetylenes is 1. The van der Waals surface area contributed by atoms with Crippen molar-refractivity contribution in [3.63, 3.8) is 0 Å². The van der Waals surface area contributed by atoms with Gasteiger partial charge < -0.3 is 24.8 Å². The molecule has 0 amide bonds. The maximum Gasteiger partial charge on any atom is 0.373 e. The van der Waals surface area contributed by atoms with Crippen LogP contribution < -0.4 is 0 Å². The number of aromatic nitrogens is 4. The highest BCUT2D eigenvalue weighted by Gasteiger charge is 2.56. The minimum Gasteiger partial charge on any atom is -0.479 e. The van der Waals surface area contributed by atoms with E-state index in [1.54, 1.807) is 36.4 Å². The van der Waals surface area contributed by atoms with E-state index in [1.165, 1.54) is 10.9 Å². The van der Waals surface area contributed by atoms with Crippen LogP contribution in [0.2, 0.25) is 10.3 Å². The molecular formula is C30H26Cl2N4O8. The molecule has 5 rings (SSSR count). The lowest BCUT2D eigenvalue weighted by Gasteiger charge is -2.26. The predicted molar refractivity (Wildman–Crippen MR) is 155 cm³/mol. The molecule has 1 aliphatic heterocycles. The number of carboxylic acid groups (broad SMARTS) is 1. The van der Waals surface area contributed by atoms with Crippen molar-refractivity contribution >= 4 is 46.5 Å². The quantitative estimate of drug-likeness (QED) is 0.172. The fourth-order valence-corrected chi connectivity index (χ4v) is 5.09. The van der Waals surface area contributed by atoms with Gasteiger partial charge in [0.2, 0.25) is 5.28 Å². The number of hydrogen-bond acceptors (Lipinski definition) is 10. The fraction of sp³-hybridized carbons (Fsp3) is 0.300. The number of aliphatic hydroxyl groups excluding tert-OH is 1. The van der Waals surface area contributed by atoms with Crippen LogP contribution in [0.4, 0.5) is 0 Å². The van der Waals surface area contributed by atoms with Gasteiger partial charge in [0.25, 0.3) is 0 Å². The third-order valence-corrected chi connectivity index (χ3v) is 7.46. The van der Waals surface area contributed by atoms with Crippen molar-refractivity contribution in [1.82, 2.24) is 19.5 Å². The zero-order chi connectivity index (χ0) is 31.9. The molecule has 5 atom stereocenters. The maximum absolute atomic E-state index is 11.9. The molecule has 3 heterocycles. The highest BCUT2D eigenvalue weighted by atomic mass is 35.5. The van der Waals surface area contributed by atoms with Crippen LogP contribution >= 0.6 is 23.2 Å². The molecule has 0 bridgehead atoms. The highest BCUT2D eigenvalue weighted by molar-refractivity contribution is 6.30. The van der Waals surface area contributed by atoms with Crippen LogP contribution in [-0.2, 0) is 43.1 Å². The van der Waals surface area contributed by atoms with Crippen LogP contribution in [0.1, 0.15) is 23.0 Å². The summed E-state index contributed by atoms with van der Waals surface area (Å²) in [5, 5.41) is 32.6. The van der Waals surface area contributed by atoms with Gasteiger partial charge in [0.1, 0.15) is 17.7 Å². The molecule has 1 saturated heterocycles. The molecule has 44 heavy (non-hydrogen) atoms. The van der Waals surface area contributed by atoms with Crippen LogP contribution in [0.3, 0.4) is 0 Å². The predicted octanol–water partition coefficient (Wildman–Crippen LogP) is 2.67. The lowest BCUT2D eigenvalue weighted by atomic mass is 9.93. The Morgan fingerprint density at radius 2 is 1.77 bits per heavy atom. The van der Waals surface area contributed by atoms with Crippen LogP contribution in [0.15, 0.2) is 60.9 Å². The molecule has 0 spiro atoms. The molecule has 0 radical (unpaired) electrons. The first-order valence-electron chi connectivity index (χ1n) is 13.2. The van der Waals surface area contributed by atoms with Gasteiger partial charge in [-0.3, -0.25) is 4.57 Å². The summed E-state index contributed by atoms with van der Waals surface area (Å²) in [7, 11) is 0. The number of carboxylic acids is 1. The van der Waals surface area contributed by atoms with E-state index in [2.05, 4.69) is 20.9 Å². The van der Waals surface area contributed by atoms with Gasteiger partial charge in [-0.25, -0.2) is 14.8 Å². The van der Waals surface area contributed by atoms with Gasteiger partial charge >= 0.3 is 12.1 Å². The lowest BCUT2D eigenvalue weighted by Crippen LogP contribution is -2.48. The maximum atomic E-state index is 11.9. The number of aliphatic carboxylic acids is 1. The molecular weight excluding hydrogens is 615 g/mol. The number of rotatable bonds is 10. The number of fused-ring (bicyclic) bond motifs is 1. The number of hydrogen-bond donors (Lipinski definition) is 3. The summed E-state index contributed by atoms with van der Waals surface area (Å²) in [5.41, 5.74) is 0.903. The molecule has 228 valence electrons. The second-order valence-corrected chi connectivity index (χ2v) is 10.5. The number of imidazole rings is 1. The molecule has 12 nitrogen and oxygen atoms in total. The van der Waals surface area contributed by atoms with E-state index in [0.29, 0.717) is 29.1 Å². The average molecular weight is 641 g/mol. The monoisotopic (exact) mass is 640 g/mol. The number of nitrogens with zero attached hydrogens (tertiary/aromatic N) is 4. The van der Waals surface area contributed by atoms with Gasteiger partial charge in [-0.2, -0.15) is 14.6 Å². The summed E-state index contributed by atoms with van der Waals surface area (Å²) < 4.78 is 13.0. The second-order valence-electron chi connectivity index (χ2n) is 9.75. The van der Waals surface area contributed by atoms with Gasteiger partial charge in [-0.15, -0.1) is 6.42 Å². The Labute approximate surface area is 261 Å². The van der Waals surface area contributed by atoms with Crippen LogP contribution in [0.5, 0.6) is 0 Å². The Morgan fingerprint density at radius 3 is 2.41 bits per heavy atom. The zero-order valence-corrected chi connectivity index (χ0v) is 24.4. The number of benzene rings is 2. The standard InChI is InChI=1S/C29H26Cl2N4O6.CO2/c1-2-29(39)22(15-40-21(27(37)38)14-18-6-4-3-5-7-18)41-26(24(29)36)35-16-32-23-20(33-28(31)34-25(23)35)13-10-17-8-11-19(30)12-9-17;2-1-3/h1,3-9,11-12,16,21-22,24,26,36,39H,10,13-15H2,(H,37,38);/t21?,22-,24+,26-,29-;/m1./s1. The third-order valence-electron chi connectivity index (χ3n) is 7.04. The molecule has 2 aromatic carbocycles. The minimum absolute atomic E-state index is 0.0323. The number of halogens is 2. The SMILES string of the molecule is C#C[C@@]1(O)[C@@H](COC(Cc2ccccc2)C(=O)O)O[C@@H](n2cnc3c(CCc4ccc(Cl)cc4)nc(Cl)nc32)[C@@H]1O.O=C=O. The zero-order valence-electron chi connectivity index (χ0n) is 22.9. The van der Waals surface area contributed by atoms with Crippen molar-refractivity contribution in [2.24, 2.45) is 0 Å². The van der Waals surface area contributed by atoms with E-state index >= 15 is 0 Å². The average Bonchev–Trinajstić information content (AvgIpc) is 3.53. The molecule has 0 saturated carbocycles. The topological polar surface area (TPSA) is 174 Å². The first kappa shape index (κ1) is 32.7. The van der Waals surface area contributed by atoms with Crippen LogP contribution in [0.25, 0.3) is 11.2 Å². The number of ether oxygens (including phenoxy) is 2. The van der Waals surface area contributed by atoms with Gasteiger partial charge in [0, 0.05) is 11.4 Å². The van der Waals surface area contributed by atoms with Crippen molar-refractivity contribution in [3.8, 4) is 12.3 Å². The number of carbonyl (C=O) groups is 1. The Hall–Kier alpha value is -4.18. The molecule has 4 aromatic rings. The number of aliphatic hydroxyl groups is 2. The summed E-state index contributed by atoms with van der Waals surface area (Å²) in [6.07, 6.45) is 3.15. The van der Waals surface area contributed by atoms with E-state index in [9.17, 15) is 20.1 Å². The van der Waals surface area contributed by atoms with Gasteiger partial charge in [0.15, 0.2) is 23.6 Å². The molecule has 0 aliphatic carbocycles. The Balaban J connectivity index is 0.00000141. The summed E-state index contributed by atoms with van der Waals surface area (Å²) in [5.74, 6) is 1.01. The van der Waals surface area contributed by atoms with Crippen LogP contribution in [-0.4, -0.2) is 77.5 Å². The van der Waals surface area contributed by atoms with Gasteiger partial charge in [-0.05, 0) is 47.7 Å². The first-order chi connectivity index (χ1) is 21.1. The molecule has 2 aromatic heterocycles. The summed E-state index contributed by atoms with van der Waals surface area (Å²) in [6.45, 7) is -0.396. The van der Waals surface area contributed by atoms with E-state index in [0.717, 1.165) is 11.1 Å². The summed E-state index contributed by atoms with van der Waals surface area (Å²) in [4.78, 5) is 41.2. The largest absolute Gasteiger partial charge is 0.479 e. The first-order valence-corrected chi connectivity index (χ1v) is 13.9. The van der Waals surface area contributed by atoms with E-state index < -0.39 is 42.7 Å². The smallest absolute Gasteiger partial charge is 0.373 e. The number of carbonyl (C=O) groups excluding carboxylic acids is 2. The molecule has 3 N–H and O–H groups in total. The van der Waals surface area contributed by atoms with E-state index in [-0.39, 0.29) is 23.5 Å². The summed E-state index contributed by atoms with van der Waals surface area (Å²) in [6, 6.07) is 16.4. The Bertz CT molecular complexity index is 1670. The number of aryl methyl sites for hydroxylation is 2. The second kappa shape index (κ2) is 14.5. The highest BCUT2D eigenvalue weighted by Crippen LogP contribution is 2.39. The minimum atomic E-state index is -2.19. The van der Waals surface area contributed by atoms with Gasteiger partial charge in [-0.1, -0.05) is 60.0 Å². The lowest BCUT2D eigenvalue weighted by molar-refractivity contribution is -0.191. The van der Waals surface area contributed by atoms with Gasteiger partial charge in [0.05, 0.1) is 18.6 Å². The molecule has 1 unspecified atom stereocenters. The van der Waals surface area contributed by atoms with Crippen molar-refractivity contribution in [1.29, 1.82) is 0 Å². The third kappa shape index (κ3) is 7.30. The fourth-order valence-electron chi connectivity index (χ4n) is 4.79. The summed E-state index contributed by atoms with van der Waals surface area (Å²) >= 11 is 12.2. The van der Waals surface area contributed by atoms with E-state index in [1.807, 2.05) is 18.2 Å².